The van der Waals surface area contributed by atoms with Gasteiger partial charge in [0.25, 0.3) is 5.91 Å². The van der Waals surface area contributed by atoms with Crippen molar-refractivity contribution in [1.82, 2.24) is 0 Å². The molecule has 27 heavy (non-hydrogen) atoms. The Kier molecular flexibility index (Phi) is 7.49. The zero-order valence-corrected chi connectivity index (χ0v) is 17.1. The first kappa shape index (κ1) is 20.6. The number of nitrogens with one attached hydrogen (secondary N) is 1. The Morgan fingerprint density at radius 3 is 2.67 bits per heavy atom. The molecule has 0 heterocycles. The summed E-state index contributed by atoms with van der Waals surface area (Å²) in [7, 11) is 0. The maximum absolute atomic E-state index is 12.5. The minimum atomic E-state index is -0.535. The Morgan fingerprint density at radius 1 is 1.26 bits per heavy atom. The number of nitriles is 1. The number of rotatable bonds is 7. The molecule has 1 amide bonds. The van der Waals surface area contributed by atoms with Crippen molar-refractivity contribution in [2.45, 2.75) is 13.8 Å². The average Bonchev–Trinajstić information content (AvgIpc) is 2.64. The van der Waals surface area contributed by atoms with E-state index in [0.717, 1.165) is 0 Å². The van der Waals surface area contributed by atoms with Crippen LogP contribution in [0.4, 0.5) is 5.69 Å². The molecule has 0 atom stereocenters. The van der Waals surface area contributed by atoms with Crippen molar-refractivity contribution >= 4 is 40.3 Å². The van der Waals surface area contributed by atoms with Crippen molar-refractivity contribution in [3.05, 3.63) is 51.1 Å². The van der Waals surface area contributed by atoms with E-state index in [-0.39, 0.29) is 11.3 Å². The molecule has 2 rings (SSSR count). The van der Waals surface area contributed by atoms with Crippen molar-refractivity contribution in [2.24, 2.45) is 0 Å². The number of hydrogen-bond acceptors (Lipinski definition) is 5. The van der Waals surface area contributed by atoms with E-state index in [1.165, 1.54) is 6.08 Å². The number of aromatic hydroxyl groups is 1. The molecule has 2 aromatic carbocycles. The standard InChI is InChI=1S/C20H19IN2O4/c1-3-26-16-7-5-6-15(11-16)23-20(25)14(12-22)8-13-9-17(21)19(24)18(10-13)27-4-2/h5-11,24H,3-4H2,1-2H3,(H,23,25)/b14-8+. The van der Waals surface area contributed by atoms with E-state index in [1.54, 1.807) is 43.3 Å². The number of carbonyl (C=O) groups excluding carboxylic acids is 1. The summed E-state index contributed by atoms with van der Waals surface area (Å²) < 4.78 is 11.3. The zero-order chi connectivity index (χ0) is 19.8. The molecule has 140 valence electrons. The van der Waals surface area contributed by atoms with Crippen molar-refractivity contribution in [3.8, 4) is 23.3 Å². The molecule has 0 radical (unpaired) electrons. The smallest absolute Gasteiger partial charge is 0.266 e. The van der Waals surface area contributed by atoms with Gasteiger partial charge < -0.3 is 19.9 Å². The summed E-state index contributed by atoms with van der Waals surface area (Å²) in [6, 6.07) is 12.1. The lowest BCUT2D eigenvalue weighted by Gasteiger charge is -2.09. The summed E-state index contributed by atoms with van der Waals surface area (Å²) in [5, 5.41) is 22.1. The van der Waals surface area contributed by atoms with E-state index < -0.39 is 5.91 Å². The number of hydrogen-bond donors (Lipinski definition) is 2. The maximum Gasteiger partial charge on any atom is 0.266 e. The van der Waals surface area contributed by atoms with Crippen LogP contribution in [-0.4, -0.2) is 24.2 Å². The second-order valence-corrected chi connectivity index (χ2v) is 6.53. The van der Waals surface area contributed by atoms with Gasteiger partial charge in [0.15, 0.2) is 11.5 Å². The van der Waals surface area contributed by atoms with Gasteiger partial charge in [-0.2, -0.15) is 5.26 Å². The van der Waals surface area contributed by atoms with Gasteiger partial charge in [-0.05, 0) is 72.3 Å². The fourth-order valence-corrected chi connectivity index (χ4v) is 2.91. The molecule has 0 aromatic heterocycles. The van der Waals surface area contributed by atoms with E-state index in [2.05, 4.69) is 5.32 Å². The number of phenolic OH excluding ortho intramolecular Hbond substituents is 1. The van der Waals surface area contributed by atoms with Gasteiger partial charge in [-0.3, -0.25) is 4.79 Å². The first-order chi connectivity index (χ1) is 13.0. The van der Waals surface area contributed by atoms with Gasteiger partial charge in [0.1, 0.15) is 17.4 Å². The Balaban J connectivity index is 2.27. The number of phenols is 1. The molecule has 0 spiro atoms. The van der Waals surface area contributed by atoms with E-state index in [4.69, 9.17) is 9.47 Å². The van der Waals surface area contributed by atoms with Gasteiger partial charge in [0, 0.05) is 11.8 Å². The molecule has 6 nitrogen and oxygen atoms in total. The summed E-state index contributed by atoms with van der Waals surface area (Å²) in [5.41, 5.74) is 1.04. The van der Waals surface area contributed by atoms with Crippen LogP contribution < -0.4 is 14.8 Å². The van der Waals surface area contributed by atoms with Gasteiger partial charge in [-0.1, -0.05) is 6.07 Å². The lowest BCUT2D eigenvalue weighted by molar-refractivity contribution is -0.112. The van der Waals surface area contributed by atoms with Crippen LogP contribution in [0.25, 0.3) is 6.08 Å². The normalized spacial score (nSPS) is 10.8. The van der Waals surface area contributed by atoms with Crippen LogP contribution in [0.1, 0.15) is 19.4 Å². The van der Waals surface area contributed by atoms with Crippen LogP contribution >= 0.6 is 22.6 Å². The largest absolute Gasteiger partial charge is 0.504 e. The third-order valence-electron chi connectivity index (χ3n) is 3.43. The van der Waals surface area contributed by atoms with Crippen LogP contribution in [0.5, 0.6) is 17.2 Å². The molecule has 0 aliphatic carbocycles. The van der Waals surface area contributed by atoms with Crippen LogP contribution in [-0.2, 0) is 4.79 Å². The molecule has 0 fully saturated rings. The molecule has 0 saturated heterocycles. The van der Waals surface area contributed by atoms with Gasteiger partial charge in [0.05, 0.1) is 16.8 Å². The first-order valence-electron chi connectivity index (χ1n) is 8.29. The predicted molar refractivity (Wildman–Crippen MR) is 112 cm³/mol. The summed E-state index contributed by atoms with van der Waals surface area (Å²) >= 11 is 1.96. The van der Waals surface area contributed by atoms with Gasteiger partial charge >= 0.3 is 0 Å². The summed E-state index contributed by atoms with van der Waals surface area (Å²) in [4.78, 5) is 12.5. The molecular formula is C20H19IN2O4. The highest BCUT2D eigenvalue weighted by molar-refractivity contribution is 14.1. The van der Waals surface area contributed by atoms with Crippen molar-refractivity contribution < 1.29 is 19.4 Å². The van der Waals surface area contributed by atoms with Gasteiger partial charge in [-0.15, -0.1) is 0 Å². The fourth-order valence-electron chi connectivity index (χ4n) is 2.29. The third-order valence-corrected chi connectivity index (χ3v) is 4.25. The van der Waals surface area contributed by atoms with E-state index in [0.29, 0.717) is 39.5 Å². The Labute approximate surface area is 171 Å². The van der Waals surface area contributed by atoms with Crippen molar-refractivity contribution in [3.63, 3.8) is 0 Å². The summed E-state index contributed by atoms with van der Waals surface area (Å²) in [5.74, 6) is 0.433. The number of carbonyl (C=O) groups is 1. The monoisotopic (exact) mass is 478 g/mol. The Morgan fingerprint density at radius 2 is 2.00 bits per heavy atom. The first-order valence-corrected chi connectivity index (χ1v) is 9.37. The number of halogens is 1. The lowest BCUT2D eigenvalue weighted by Crippen LogP contribution is -2.13. The highest BCUT2D eigenvalue weighted by Crippen LogP contribution is 2.33. The molecule has 0 saturated carbocycles. The van der Waals surface area contributed by atoms with E-state index in [1.807, 2.05) is 35.6 Å². The number of amides is 1. The zero-order valence-electron chi connectivity index (χ0n) is 15.0. The minimum Gasteiger partial charge on any atom is -0.504 e. The van der Waals surface area contributed by atoms with Crippen LogP contribution in [0.3, 0.4) is 0 Å². The van der Waals surface area contributed by atoms with Crippen LogP contribution in [0.2, 0.25) is 0 Å². The van der Waals surface area contributed by atoms with Gasteiger partial charge in [0.2, 0.25) is 0 Å². The summed E-state index contributed by atoms with van der Waals surface area (Å²) in [6.07, 6.45) is 1.45. The van der Waals surface area contributed by atoms with E-state index >= 15 is 0 Å². The minimum absolute atomic E-state index is 0.0327. The summed E-state index contributed by atoms with van der Waals surface area (Å²) in [6.45, 7) is 4.58. The Bertz CT molecular complexity index is 903. The van der Waals surface area contributed by atoms with Crippen LogP contribution in [0, 0.1) is 14.9 Å². The second-order valence-electron chi connectivity index (χ2n) is 5.37. The highest BCUT2D eigenvalue weighted by Gasteiger charge is 2.13. The number of benzene rings is 2. The molecule has 2 N–H and O–H groups in total. The Hall–Kier alpha value is -2.73. The molecule has 0 aliphatic heterocycles. The average molecular weight is 478 g/mol. The fraction of sp³-hybridized carbons (Fsp3) is 0.200. The van der Waals surface area contributed by atoms with E-state index in [9.17, 15) is 15.2 Å². The molecule has 0 aliphatic rings. The maximum atomic E-state index is 12.5. The van der Waals surface area contributed by atoms with Crippen molar-refractivity contribution in [1.29, 1.82) is 5.26 Å². The molecule has 7 heteroatoms. The number of nitrogens with zero attached hydrogens (tertiary/aromatic N) is 1. The van der Waals surface area contributed by atoms with Gasteiger partial charge in [-0.25, -0.2) is 0 Å². The molecular weight excluding hydrogens is 459 g/mol. The predicted octanol–water partition coefficient (Wildman–Crippen LogP) is 4.34. The number of ether oxygens (including phenoxy) is 2. The lowest BCUT2D eigenvalue weighted by atomic mass is 10.1. The SMILES string of the molecule is CCOc1cccc(NC(=O)/C(C#N)=C/c2cc(I)c(O)c(OCC)c2)c1. The highest BCUT2D eigenvalue weighted by atomic mass is 127. The topological polar surface area (TPSA) is 91.6 Å². The number of anilines is 1. The molecule has 2 aromatic rings. The van der Waals surface area contributed by atoms with Crippen LogP contribution in [0.15, 0.2) is 42.0 Å². The molecule has 0 unspecified atom stereocenters. The molecule has 0 bridgehead atoms. The quantitative estimate of drug-likeness (QED) is 0.351. The third kappa shape index (κ3) is 5.62. The second kappa shape index (κ2) is 9.83. The van der Waals surface area contributed by atoms with Crippen molar-refractivity contribution in [2.75, 3.05) is 18.5 Å².